The molecule has 124 valence electrons. The second-order valence-corrected chi connectivity index (χ2v) is 7.46. The maximum Gasteiger partial charge on any atom is 0.268 e. The summed E-state index contributed by atoms with van der Waals surface area (Å²) < 4.78 is 14.6. The van der Waals surface area contributed by atoms with Crippen molar-refractivity contribution in [1.29, 1.82) is 0 Å². The van der Waals surface area contributed by atoms with Crippen molar-refractivity contribution in [3.05, 3.63) is 53.3 Å². The fourth-order valence-electron chi connectivity index (χ4n) is 2.34. The first-order valence-electron chi connectivity index (χ1n) is 7.57. The minimum absolute atomic E-state index is 0.249. The lowest BCUT2D eigenvalue weighted by atomic mass is 10.1. The summed E-state index contributed by atoms with van der Waals surface area (Å²) in [4.78, 5) is 18.5. The van der Waals surface area contributed by atoms with Crippen LogP contribution in [0.5, 0.6) is 0 Å². The summed E-state index contributed by atoms with van der Waals surface area (Å²) in [6.45, 7) is 4.47. The van der Waals surface area contributed by atoms with Crippen LogP contribution < -0.4 is 0 Å². The molecule has 0 bridgehead atoms. The quantitative estimate of drug-likeness (QED) is 0.593. The van der Waals surface area contributed by atoms with Gasteiger partial charge in [-0.05, 0) is 42.3 Å². The molecule has 24 heavy (non-hydrogen) atoms. The number of hydrogen-bond donors (Lipinski definition) is 0. The first kappa shape index (κ1) is 17.0. The van der Waals surface area contributed by atoms with Crippen LogP contribution in [0.1, 0.15) is 29.8 Å². The molecule has 1 aliphatic rings. The fourth-order valence-corrected chi connectivity index (χ4v) is 3.71. The molecule has 0 radical (unpaired) electrons. The van der Waals surface area contributed by atoms with E-state index in [9.17, 15) is 9.18 Å². The van der Waals surface area contributed by atoms with Gasteiger partial charge in [-0.15, -0.1) is 0 Å². The number of carbonyl (C=O) groups is 1. The number of hydrogen-bond acceptors (Lipinski definition) is 3. The summed E-state index contributed by atoms with van der Waals surface area (Å²) in [6.07, 6.45) is 1.69. The smallest absolute Gasteiger partial charge is 0.268 e. The lowest BCUT2D eigenvalue weighted by Crippen LogP contribution is -2.25. The lowest BCUT2D eigenvalue weighted by Gasteiger charge is -2.16. The molecule has 0 aliphatic carbocycles. The Bertz CT molecular complexity index is 823. The van der Waals surface area contributed by atoms with Crippen LogP contribution in [-0.4, -0.2) is 23.1 Å². The Morgan fingerprint density at radius 3 is 2.79 bits per heavy atom. The molecule has 2 aromatic carbocycles. The Morgan fingerprint density at radius 2 is 2.04 bits per heavy atom. The Balaban J connectivity index is 1.91. The molecule has 0 saturated carbocycles. The largest absolute Gasteiger partial charge is 0.268 e. The number of nitrogens with zero attached hydrogens (tertiary/aromatic N) is 2. The molecular formula is C18H16ClFN2OS. The number of amides is 1. The molecule has 0 atom stereocenters. The second-order valence-electron chi connectivity index (χ2n) is 5.97. The predicted molar refractivity (Wildman–Crippen MR) is 95.9 cm³/mol. The van der Waals surface area contributed by atoms with Crippen molar-refractivity contribution >= 4 is 41.3 Å². The van der Waals surface area contributed by atoms with Crippen molar-refractivity contribution in [3.8, 4) is 0 Å². The van der Waals surface area contributed by atoms with E-state index in [1.54, 1.807) is 24.4 Å². The van der Waals surface area contributed by atoms with Crippen molar-refractivity contribution in [2.24, 2.45) is 10.9 Å². The number of rotatable bonds is 3. The van der Waals surface area contributed by atoms with Crippen LogP contribution in [-0.2, 0) is 0 Å². The lowest BCUT2D eigenvalue weighted by molar-refractivity contribution is 0.0853. The van der Waals surface area contributed by atoms with E-state index in [0.29, 0.717) is 17.8 Å². The first-order valence-corrected chi connectivity index (χ1v) is 8.72. The highest BCUT2D eigenvalue weighted by atomic mass is 35.5. The summed E-state index contributed by atoms with van der Waals surface area (Å²) >= 11 is 7.50. The molecule has 0 fully saturated rings. The van der Waals surface area contributed by atoms with Crippen molar-refractivity contribution in [3.63, 3.8) is 0 Å². The number of benzene rings is 2. The van der Waals surface area contributed by atoms with E-state index < -0.39 is 0 Å². The minimum Gasteiger partial charge on any atom is -0.268 e. The first-order chi connectivity index (χ1) is 11.4. The van der Waals surface area contributed by atoms with E-state index in [1.807, 2.05) is 19.9 Å². The number of aliphatic imine (C=N–C) groups is 1. The van der Waals surface area contributed by atoms with Gasteiger partial charge in [0.15, 0.2) is 0 Å². The molecule has 6 heteroatoms. The molecule has 3 rings (SSSR count). The molecule has 0 spiro atoms. The van der Waals surface area contributed by atoms with Crippen LogP contribution in [0.25, 0.3) is 0 Å². The SMILES string of the molecule is CC(C)CN(Cl)C(=O)c1ccc2c(c1)N=Cc1ccc(F)cc1S2. The van der Waals surface area contributed by atoms with E-state index in [4.69, 9.17) is 11.8 Å². The van der Waals surface area contributed by atoms with E-state index in [-0.39, 0.29) is 17.6 Å². The van der Waals surface area contributed by atoms with Gasteiger partial charge in [0, 0.05) is 45.5 Å². The summed E-state index contributed by atoms with van der Waals surface area (Å²) in [5.74, 6) is -0.247. The van der Waals surface area contributed by atoms with Gasteiger partial charge in [-0.1, -0.05) is 25.6 Å². The average Bonchev–Trinajstić information content (AvgIpc) is 2.71. The molecular weight excluding hydrogens is 347 g/mol. The second kappa shape index (κ2) is 6.95. The third-order valence-corrected chi connectivity index (χ3v) is 4.92. The van der Waals surface area contributed by atoms with E-state index >= 15 is 0 Å². The third-order valence-electron chi connectivity index (χ3n) is 3.49. The fraction of sp³-hybridized carbons (Fsp3) is 0.222. The van der Waals surface area contributed by atoms with Gasteiger partial charge in [-0.25, -0.2) is 4.39 Å². The summed E-state index contributed by atoms with van der Waals surface area (Å²) in [7, 11) is 0. The van der Waals surface area contributed by atoms with Crippen molar-refractivity contribution in [1.82, 2.24) is 4.42 Å². The maximum absolute atomic E-state index is 13.4. The standard InChI is InChI=1S/C18H16ClFN2OS/c1-11(2)10-22(19)18(23)12-4-6-16-15(7-12)21-9-13-3-5-14(20)8-17(13)24-16/h3-9,11H,10H2,1-2H3. The van der Waals surface area contributed by atoms with E-state index in [2.05, 4.69) is 4.99 Å². The molecule has 0 saturated heterocycles. The number of fused-ring (bicyclic) bond motifs is 2. The van der Waals surface area contributed by atoms with Gasteiger partial charge < -0.3 is 0 Å². The summed E-state index contributed by atoms with van der Waals surface area (Å²) in [6, 6.07) is 9.87. The highest BCUT2D eigenvalue weighted by Gasteiger charge is 2.18. The zero-order valence-electron chi connectivity index (χ0n) is 13.3. The maximum atomic E-state index is 13.4. The molecule has 1 amide bonds. The van der Waals surface area contributed by atoms with E-state index in [0.717, 1.165) is 15.4 Å². The van der Waals surface area contributed by atoms with Crippen LogP contribution in [0.4, 0.5) is 10.1 Å². The Morgan fingerprint density at radius 1 is 1.25 bits per heavy atom. The van der Waals surface area contributed by atoms with Gasteiger partial charge in [0.05, 0.1) is 5.69 Å². The zero-order valence-corrected chi connectivity index (χ0v) is 14.9. The molecule has 0 N–H and O–H groups in total. The van der Waals surface area contributed by atoms with Crippen molar-refractivity contribution < 1.29 is 9.18 Å². The summed E-state index contributed by atoms with van der Waals surface area (Å²) in [5.41, 5.74) is 2.01. The normalized spacial score (nSPS) is 12.5. The molecule has 2 aromatic rings. The topological polar surface area (TPSA) is 32.7 Å². The van der Waals surface area contributed by atoms with Crippen LogP contribution in [0, 0.1) is 11.7 Å². The highest BCUT2D eigenvalue weighted by Crippen LogP contribution is 2.39. The molecule has 3 nitrogen and oxygen atoms in total. The molecule has 1 heterocycles. The van der Waals surface area contributed by atoms with Crippen LogP contribution >= 0.6 is 23.5 Å². The van der Waals surface area contributed by atoms with Gasteiger partial charge in [-0.2, -0.15) is 0 Å². The molecule has 0 unspecified atom stereocenters. The van der Waals surface area contributed by atoms with Gasteiger partial charge in [-0.3, -0.25) is 14.2 Å². The van der Waals surface area contributed by atoms with Crippen LogP contribution in [0.15, 0.2) is 51.2 Å². The zero-order chi connectivity index (χ0) is 17.3. The highest BCUT2D eigenvalue weighted by molar-refractivity contribution is 7.99. The van der Waals surface area contributed by atoms with Gasteiger partial charge in [0.25, 0.3) is 5.91 Å². The predicted octanol–water partition coefficient (Wildman–Crippen LogP) is 5.29. The Kier molecular flexibility index (Phi) is 4.92. The molecule has 1 aliphatic heterocycles. The van der Waals surface area contributed by atoms with Gasteiger partial charge in [0.1, 0.15) is 5.82 Å². The summed E-state index contributed by atoms with van der Waals surface area (Å²) in [5, 5.41) is 0. The van der Waals surface area contributed by atoms with Gasteiger partial charge in [0.2, 0.25) is 0 Å². The average molecular weight is 363 g/mol. The van der Waals surface area contributed by atoms with E-state index in [1.165, 1.54) is 28.3 Å². The third kappa shape index (κ3) is 3.62. The van der Waals surface area contributed by atoms with Crippen molar-refractivity contribution in [2.75, 3.05) is 6.54 Å². The number of halogens is 2. The van der Waals surface area contributed by atoms with Crippen molar-refractivity contribution in [2.45, 2.75) is 23.6 Å². The monoisotopic (exact) mass is 362 g/mol. The van der Waals surface area contributed by atoms with Crippen LogP contribution in [0.3, 0.4) is 0 Å². The Labute approximate surface area is 149 Å². The van der Waals surface area contributed by atoms with Gasteiger partial charge >= 0.3 is 0 Å². The van der Waals surface area contributed by atoms with Crippen LogP contribution in [0.2, 0.25) is 0 Å². The minimum atomic E-state index is -0.281. The Hall–Kier alpha value is -1.85. The molecule has 0 aromatic heterocycles. The number of carbonyl (C=O) groups excluding carboxylic acids is 1.